The van der Waals surface area contributed by atoms with Crippen molar-refractivity contribution in [1.82, 2.24) is 15.5 Å². The van der Waals surface area contributed by atoms with E-state index in [0.29, 0.717) is 18.6 Å². The molecule has 1 aromatic heterocycles. The first-order valence-electron chi connectivity index (χ1n) is 9.40. The van der Waals surface area contributed by atoms with Gasteiger partial charge in [0.25, 0.3) is 5.91 Å². The number of rotatable bonds is 4. The van der Waals surface area contributed by atoms with Gasteiger partial charge in [0.1, 0.15) is 23.4 Å². The van der Waals surface area contributed by atoms with Crippen LogP contribution < -0.4 is 10.6 Å². The first kappa shape index (κ1) is 17.6. The maximum atomic E-state index is 12.7. The van der Waals surface area contributed by atoms with Crippen molar-refractivity contribution >= 4 is 28.8 Å². The fourth-order valence-electron chi connectivity index (χ4n) is 4.03. The minimum absolute atomic E-state index is 0.279. The number of carbonyl (C=O) groups is 3. The average Bonchev–Trinajstić information content (AvgIpc) is 3.18. The van der Waals surface area contributed by atoms with Crippen LogP contribution in [0, 0.1) is 0 Å². The van der Waals surface area contributed by atoms with Gasteiger partial charge in [-0.3, -0.25) is 14.5 Å². The van der Waals surface area contributed by atoms with E-state index in [-0.39, 0.29) is 24.4 Å². The number of benzene rings is 1. The number of urea groups is 1. The third-order valence-corrected chi connectivity index (χ3v) is 5.50. The average molecular weight is 369 g/mol. The van der Waals surface area contributed by atoms with Crippen LogP contribution in [-0.4, -0.2) is 34.8 Å². The third kappa shape index (κ3) is 3.18. The minimum Gasteiger partial charge on any atom is -0.459 e. The standard InChI is InChI=1S/C20H23N3O4/c1-13(16-11-14-7-3-4-8-15(14)27-16)21-17(24)12-23-18(25)20(22-19(23)26)9-5-2-6-10-20/h3-4,7-8,11,13H,2,5-6,9-10,12H2,1H3,(H,21,24)(H,22,26)/t13-/m1/s1. The smallest absolute Gasteiger partial charge is 0.325 e. The second kappa shape index (κ2) is 6.72. The van der Waals surface area contributed by atoms with Crippen LogP contribution in [0.3, 0.4) is 0 Å². The Bertz CT molecular complexity index is 865. The van der Waals surface area contributed by atoms with Crippen molar-refractivity contribution in [3.05, 3.63) is 36.1 Å². The van der Waals surface area contributed by atoms with Crippen LogP contribution in [0.25, 0.3) is 11.0 Å². The van der Waals surface area contributed by atoms with E-state index in [1.807, 2.05) is 37.3 Å². The van der Waals surface area contributed by atoms with E-state index in [9.17, 15) is 14.4 Å². The summed E-state index contributed by atoms with van der Waals surface area (Å²) in [7, 11) is 0. The molecule has 142 valence electrons. The van der Waals surface area contributed by atoms with E-state index in [1.54, 1.807) is 0 Å². The molecule has 1 aromatic carbocycles. The van der Waals surface area contributed by atoms with E-state index in [4.69, 9.17) is 4.42 Å². The van der Waals surface area contributed by atoms with Crippen molar-refractivity contribution in [2.45, 2.75) is 50.6 Å². The summed E-state index contributed by atoms with van der Waals surface area (Å²) in [5.74, 6) is -0.0384. The summed E-state index contributed by atoms with van der Waals surface area (Å²) in [6.07, 6.45) is 4.18. The summed E-state index contributed by atoms with van der Waals surface area (Å²) in [5.41, 5.74) is -0.0538. The largest absolute Gasteiger partial charge is 0.459 e. The molecule has 4 amide bonds. The zero-order valence-electron chi connectivity index (χ0n) is 15.3. The lowest BCUT2D eigenvalue weighted by molar-refractivity contribution is -0.136. The first-order chi connectivity index (χ1) is 13.0. The van der Waals surface area contributed by atoms with Crippen LogP contribution in [0.4, 0.5) is 4.79 Å². The molecule has 1 atom stereocenters. The quantitative estimate of drug-likeness (QED) is 0.811. The highest BCUT2D eigenvalue weighted by molar-refractivity contribution is 6.09. The molecule has 2 fully saturated rings. The topological polar surface area (TPSA) is 91.7 Å². The second-order valence-electron chi connectivity index (χ2n) is 7.44. The Balaban J connectivity index is 1.41. The van der Waals surface area contributed by atoms with Gasteiger partial charge in [-0.1, -0.05) is 37.5 Å². The first-order valence-corrected chi connectivity index (χ1v) is 9.40. The zero-order valence-corrected chi connectivity index (χ0v) is 15.3. The van der Waals surface area contributed by atoms with Crippen LogP contribution in [0.15, 0.2) is 34.7 Å². The Hall–Kier alpha value is -2.83. The molecule has 4 rings (SSSR count). The summed E-state index contributed by atoms with van der Waals surface area (Å²) < 4.78 is 5.76. The molecule has 27 heavy (non-hydrogen) atoms. The lowest BCUT2D eigenvalue weighted by Crippen LogP contribution is -2.49. The highest BCUT2D eigenvalue weighted by atomic mass is 16.3. The number of nitrogens with one attached hydrogen (secondary N) is 2. The molecule has 1 saturated carbocycles. The fourth-order valence-corrected chi connectivity index (χ4v) is 4.03. The number of fused-ring (bicyclic) bond motifs is 1. The van der Waals surface area contributed by atoms with Gasteiger partial charge in [-0.2, -0.15) is 0 Å². The number of para-hydroxylation sites is 1. The molecule has 1 aliphatic heterocycles. The van der Waals surface area contributed by atoms with Crippen molar-refractivity contribution in [3.8, 4) is 0 Å². The lowest BCUT2D eigenvalue weighted by atomic mass is 9.82. The zero-order chi connectivity index (χ0) is 19.0. The number of imide groups is 1. The van der Waals surface area contributed by atoms with Crippen LogP contribution in [-0.2, 0) is 9.59 Å². The Kier molecular flexibility index (Phi) is 4.37. The van der Waals surface area contributed by atoms with Gasteiger partial charge in [0.2, 0.25) is 5.91 Å². The molecule has 1 aliphatic carbocycles. The van der Waals surface area contributed by atoms with Crippen molar-refractivity contribution < 1.29 is 18.8 Å². The molecular weight excluding hydrogens is 346 g/mol. The number of hydrogen-bond acceptors (Lipinski definition) is 4. The molecule has 1 spiro atoms. The molecule has 2 aliphatic rings. The molecule has 0 bridgehead atoms. The van der Waals surface area contributed by atoms with E-state index in [0.717, 1.165) is 35.1 Å². The number of hydrogen-bond donors (Lipinski definition) is 2. The number of amides is 4. The van der Waals surface area contributed by atoms with Gasteiger partial charge in [-0.25, -0.2) is 4.79 Å². The predicted octanol–water partition coefficient (Wildman–Crippen LogP) is 2.86. The van der Waals surface area contributed by atoms with Crippen molar-refractivity contribution in [1.29, 1.82) is 0 Å². The Morgan fingerprint density at radius 2 is 2.00 bits per heavy atom. The van der Waals surface area contributed by atoms with Crippen LogP contribution in [0.2, 0.25) is 0 Å². The van der Waals surface area contributed by atoms with Crippen LogP contribution in [0.1, 0.15) is 50.8 Å². The molecule has 2 heterocycles. The second-order valence-corrected chi connectivity index (χ2v) is 7.44. The lowest BCUT2D eigenvalue weighted by Gasteiger charge is -2.30. The van der Waals surface area contributed by atoms with Gasteiger partial charge in [0.05, 0.1) is 6.04 Å². The summed E-state index contributed by atoms with van der Waals surface area (Å²) in [4.78, 5) is 38.5. The Labute approximate surface area is 157 Å². The van der Waals surface area contributed by atoms with E-state index < -0.39 is 11.6 Å². The van der Waals surface area contributed by atoms with Gasteiger partial charge in [0.15, 0.2) is 0 Å². The molecule has 7 nitrogen and oxygen atoms in total. The van der Waals surface area contributed by atoms with Crippen LogP contribution >= 0.6 is 0 Å². The summed E-state index contributed by atoms with van der Waals surface area (Å²) in [5, 5.41) is 6.59. The third-order valence-electron chi connectivity index (χ3n) is 5.50. The van der Waals surface area contributed by atoms with E-state index in [2.05, 4.69) is 10.6 Å². The molecule has 2 N–H and O–H groups in total. The fraction of sp³-hybridized carbons (Fsp3) is 0.450. The summed E-state index contributed by atoms with van der Waals surface area (Å²) in [6, 6.07) is 8.65. The molecular formula is C20H23N3O4. The van der Waals surface area contributed by atoms with E-state index >= 15 is 0 Å². The van der Waals surface area contributed by atoms with Crippen molar-refractivity contribution in [2.75, 3.05) is 6.54 Å². The maximum Gasteiger partial charge on any atom is 0.325 e. The van der Waals surface area contributed by atoms with Crippen LogP contribution in [0.5, 0.6) is 0 Å². The summed E-state index contributed by atoms with van der Waals surface area (Å²) >= 11 is 0. The number of nitrogens with zero attached hydrogens (tertiary/aromatic N) is 1. The molecule has 1 saturated heterocycles. The Morgan fingerprint density at radius 3 is 2.74 bits per heavy atom. The minimum atomic E-state index is -0.806. The highest BCUT2D eigenvalue weighted by Crippen LogP contribution is 2.33. The maximum absolute atomic E-state index is 12.7. The highest BCUT2D eigenvalue weighted by Gasteiger charge is 2.51. The van der Waals surface area contributed by atoms with Gasteiger partial charge in [-0.15, -0.1) is 0 Å². The monoisotopic (exact) mass is 369 g/mol. The Morgan fingerprint density at radius 1 is 1.26 bits per heavy atom. The molecule has 0 radical (unpaired) electrons. The summed E-state index contributed by atoms with van der Waals surface area (Å²) in [6.45, 7) is 1.53. The van der Waals surface area contributed by atoms with Crippen molar-refractivity contribution in [3.63, 3.8) is 0 Å². The molecule has 7 heteroatoms. The number of carbonyl (C=O) groups excluding carboxylic acids is 3. The van der Waals surface area contributed by atoms with Gasteiger partial charge in [0, 0.05) is 5.39 Å². The normalized spacial score (nSPS) is 20.1. The van der Waals surface area contributed by atoms with E-state index in [1.165, 1.54) is 0 Å². The number of furan rings is 1. The predicted molar refractivity (Wildman–Crippen MR) is 98.8 cm³/mol. The van der Waals surface area contributed by atoms with Gasteiger partial charge in [-0.05, 0) is 31.9 Å². The van der Waals surface area contributed by atoms with Crippen molar-refractivity contribution in [2.24, 2.45) is 0 Å². The van der Waals surface area contributed by atoms with Gasteiger partial charge >= 0.3 is 6.03 Å². The molecule has 0 unspecified atom stereocenters. The SMILES string of the molecule is C[C@@H](NC(=O)CN1C(=O)NC2(CCCCC2)C1=O)c1cc2ccccc2o1. The van der Waals surface area contributed by atoms with Gasteiger partial charge < -0.3 is 15.1 Å². The molecule has 2 aromatic rings.